The summed E-state index contributed by atoms with van der Waals surface area (Å²) in [6.45, 7) is 13.4. The van der Waals surface area contributed by atoms with Crippen LogP contribution in [0.15, 0.2) is 63.5 Å². The summed E-state index contributed by atoms with van der Waals surface area (Å²) in [4.78, 5) is 2.35. The Morgan fingerprint density at radius 2 is 1.21 bits per heavy atom. The van der Waals surface area contributed by atoms with E-state index in [-0.39, 0.29) is 5.41 Å². The van der Waals surface area contributed by atoms with Crippen LogP contribution in [-0.4, -0.2) is 0 Å². The fourth-order valence-corrected chi connectivity index (χ4v) is 4.08. The summed E-state index contributed by atoms with van der Waals surface area (Å²) in [6.07, 6.45) is 0. The van der Waals surface area contributed by atoms with E-state index in [1.165, 1.54) is 27.9 Å². The predicted octanol–water partition coefficient (Wildman–Crippen LogP) is 8.90. The highest BCUT2D eigenvalue weighted by Gasteiger charge is 2.21. The molecule has 3 heteroatoms. The average molecular weight is 501 g/mol. The molecular weight excluding hydrogens is 474 g/mol. The monoisotopic (exact) mass is 499 g/mol. The van der Waals surface area contributed by atoms with Crippen LogP contribution >= 0.6 is 31.9 Å². The summed E-state index contributed by atoms with van der Waals surface area (Å²) in [6, 6.07) is 19.8. The van der Waals surface area contributed by atoms with Gasteiger partial charge in [0.25, 0.3) is 0 Å². The minimum absolute atomic E-state index is 0.128. The Morgan fingerprint density at radius 3 is 1.71 bits per heavy atom. The molecule has 0 radical (unpaired) electrons. The van der Waals surface area contributed by atoms with Crippen LogP contribution in [0.1, 0.15) is 43.0 Å². The van der Waals surface area contributed by atoms with Crippen molar-refractivity contribution in [2.45, 2.75) is 47.0 Å². The summed E-state index contributed by atoms with van der Waals surface area (Å²) in [5, 5.41) is 0. The largest absolute Gasteiger partial charge is 0.310 e. The molecule has 0 spiro atoms. The van der Waals surface area contributed by atoms with Gasteiger partial charge in [-0.3, -0.25) is 0 Å². The second kappa shape index (κ2) is 8.04. The van der Waals surface area contributed by atoms with Crippen LogP contribution in [0.4, 0.5) is 17.1 Å². The molecule has 0 fully saturated rings. The van der Waals surface area contributed by atoms with Gasteiger partial charge in [-0.1, -0.05) is 50.6 Å². The van der Waals surface area contributed by atoms with Gasteiger partial charge in [0.05, 0.1) is 5.69 Å². The number of rotatable bonds is 3. The molecule has 0 N–H and O–H groups in total. The lowest BCUT2D eigenvalue weighted by Gasteiger charge is -2.31. The Kier molecular flexibility index (Phi) is 6.07. The van der Waals surface area contributed by atoms with Gasteiger partial charge >= 0.3 is 0 Å². The van der Waals surface area contributed by atoms with Crippen LogP contribution in [0.2, 0.25) is 0 Å². The summed E-state index contributed by atoms with van der Waals surface area (Å²) >= 11 is 7.27. The zero-order chi connectivity index (χ0) is 20.6. The first-order valence-corrected chi connectivity index (χ1v) is 11.1. The SMILES string of the molecule is Cc1ccc(N(c2ccc(Br)c(Br)c2)c2c(C)cc(C(C)(C)C)cc2C)cc1. The molecule has 0 aromatic heterocycles. The first-order valence-electron chi connectivity index (χ1n) is 9.51. The molecule has 0 saturated carbocycles. The molecule has 28 heavy (non-hydrogen) atoms. The lowest BCUT2D eigenvalue weighted by molar-refractivity contribution is 0.589. The van der Waals surface area contributed by atoms with E-state index in [0.717, 1.165) is 20.3 Å². The van der Waals surface area contributed by atoms with Gasteiger partial charge in [-0.15, -0.1) is 0 Å². The molecule has 0 amide bonds. The van der Waals surface area contributed by atoms with E-state index in [4.69, 9.17) is 0 Å². The molecule has 3 aromatic rings. The van der Waals surface area contributed by atoms with E-state index < -0.39 is 0 Å². The minimum Gasteiger partial charge on any atom is -0.310 e. The van der Waals surface area contributed by atoms with Gasteiger partial charge < -0.3 is 4.90 Å². The van der Waals surface area contributed by atoms with Crippen LogP contribution in [-0.2, 0) is 5.41 Å². The third kappa shape index (κ3) is 4.36. The quantitative estimate of drug-likeness (QED) is 0.347. The second-order valence-electron chi connectivity index (χ2n) is 8.48. The normalized spacial score (nSPS) is 11.6. The van der Waals surface area contributed by atoms with Gasteiger partial charge in [0, 0.05) is 20.3 Å². The number of benzene rings is 3. The molecule has 0 saturated heterocycles. The highest BCUT2D eigenvalue weighted by molar-refractivity contribution is 9.13. The third-order valence-electron chi connectivity index (χ3n) is 5.03. The van der Waals surface area contributed by atoms with E-state index in [1.807, 2.05) is 0 Å². The number of hydrogen-bond acceptors (Lipinski definition) is 1. The van der Waals surface area contributed by atoms with Gasteiger partial charge in [0.15, 0.2) is 0 Å². The maximum Gasteiger partial charge on any atom is 0.0520 e. The molecule has 146 valence electrons. The first-order chi connectivity index (χ1) is 13.1. The zero-order valence-electron chi connectivity index (χ0n) is 17.4. The van der Waals surface area contributed by atoms with Crippen LogP contribution in [0.3, 0.4) is 0 Å². The first kappa shape index (κ1) is 21.1. The maximum atomic E-state index is 3.67. The fourth-order valence-electron chi connectivity index (χ4n) is 3.47. The Balaban J connectivity index is 2.25. The van der Waals surface area contributed by atoms with Crippen molar-refractivity contribution in [3.05, 3.63) is 85.8 Å². The Hall–Kier alpha value is -1.58. The summed E-state index contributed by atoms with van der Waals surface area (Å²) < 4.78 is 2.10. The minimum atomic E-state index is 0.128. The molecule has 1 nitrogen and oxygen atoms in total. The number of anilines is 3. The number of aryl methyl sites for hydroxylation is 3. The highest BCUT2D eigenvalue weighted by atomic mass is 79.9. The van der Waals surface area contributed by atoms with Crippen molar-refractivity contribution >= 4 is 48.9 Å². The molecule has 0 aliphatic heterocycles. The van der Waals surface area contributed by atoms with Crippen LogP contribution in [0, 0.1) is 20.8 Å². The zero-order valence-corrected chi connectivity index (χ0v) is 20.6. The predicted molar refractivity (Wildman–Crippen MR) is 129 cm³/mol. The summed E-state index contributed by atoms with van der Waals surface area (Å²) in [5.74, 6) is 0. The highest BCUT2D eigenvalue weighted by Crippen LogP contribution is 2.42. The Labute approximate surface area is 186 Å². The van der Waals surface area contributed by atoms with Crippen molar-refractivity contribution < 1.29 is 0 Å². The third-order valence-corrected chi connectivity index (χ3v) is 6.91. The van der Waals surface area contributed by atoms with E-state index in [1.54, 1.807) is 0 Å². The van der Waals surface area contributed by atoms with Crippen LogP contribution < -0.4 is 4.90 Å². The van der Waals surface area contributed by atoms with Crippen LogP contribution in [0.5, 0.6) is 0 Å². The molecule has 3 rings (SSSR count). The van der Waals surface area contributed by atoms with Gasteiger partial charge in [-0.25, -0.2) is 0 Å². The van der Waals surface area contributed by atoms with E-state index in [9.17, 15) is 0 Å². The van der Waals surface area contributed by atoms with Gasteiger partial charge in [0.1, 0.15) is 0 Å². The maximum absolute atomic E-state index is 3.67. The second-order valence-corrected chi connectivity index (χ2v) is 10.2. The fraction of sp³-hybridized carbons (Fsp3) is 0.280. The smallest absolute Gasteiger partial charge is 0.0520 e. The molecule has 0 unspecified atom stereocenters. The number of hydrogen-bond donors (Lipinski definition) is 0. The van der Waals surface area contributed by atoms with Gasteiger partial charge in [0.2, 0.25) is 0 Å². The van der Waals surface area contributed by atoms with Crippen molar-refractivity contribution in [2.24, 2.45) is 0 Å². The topological polar surface area (TPSA) is 3.24 Å². The van der Waals surface area contributed by atoms with Crippen molar-refractivity contribution in [1.29, 1.82) is 0 Å². The van der Waals surface area contributed by atoms with Gasteiger partial charge in [-0.05, 0) is 105 Å². The van der Waals surface area contributed by atoms with Crippen molar-refractivity contribution in [3.63, 3.8) is 0 Å². The molecule has 0 bridgehead atoms. The molecular formula is C25H27Br2N. The molecule has 0 aliphatic carbocycles. The van der Waals surface area contributed by atoms with Crippen molar-refractivity contribution in [3.8, 4) is 0 Å². The number of nitrogens with zero attached hydrogens (tertiary/aromatic N) is 1. The van der Waals surface area contributed by atoms with E-state index in [0.29, 0.717) is 0 Å². The lowest BCUT2D eigenvalue weighted by Crippen LogP contribution is -2.16. The van der Waals surface area contributed by atoms with Crippen LogP contribution in [0.25, 0.3) is 0 Å². The average Bonchev–Trinajstić information content (AvgIpc) is 2.61. The van der Waals surface area contributed by atoms with Crippen molar-refractivity contribution in [1.82, 2.24) is 0 Å². The molecule has 0 atom stereocenters. The van der Waals surface area contributed by atoms with Gasteiger partial charge in [-0.2, -0.15) is 0 Å². The van der Waals surface area contributed by atoms with E-state index in [2.05, 4.69) is 133 Å². The van der Waals surface area contributed by atoms with E-state index >= 15 is 0 Å². The lowest BCUT2D eigenvalue weighted by atomic mass is 9.84. The molecule has 3 aromatic carbocycles. The van der Waals surface area contributed by atoms with Crippen molar-refractivity contribution in [2.75, 3.05) is 4.90 Å². The Bertz CT molecular complexity index is 975. The molecule has 0 aliphatic rings. The Morgan fingerprint density at radius 1 is 0.679 bits per heavy atom. The summed E-state index contributed by atoms with van der Waals surface area (Å²) in [5.41, 5.74) is 8.86. The standard InChI is InChI=1S/C25H27Br2N/c1-16-7-9-20(10-8-16)28(21-11-12-22(26)23(27)15-21)24-17(2)13-19(14-18(24)3)25(4,5)6/h7-15H,1-6H3. The molecule has 0 heterocycles. The number of halogens is 2. The summed E-state index contributed by atoms with van der Waals surface area (Å²) in [7, 11) is 0.